The van der Waals surface area contributed by atoms with Crippen LogP contribution in [0.3, 0.4) is 0 Å². The van der Waals surface area contributed by atoms with Gasteiger partial charge in [0.25, 0.3) is 0 Å². The van der Waals surface area contributed by atoms with Crippen molar-refractivity contribution in [3.63, 3.8) is 0 Å². The highest BCUT2D eigenvalue weighted by Crippen LogP contribution is 2.45. The summed E-state index contributed by atoms with van der Waals surface area (Å²) in [5.41, 5.74) is 2.16. The van der Waals surface area contributed by atoms with Crippen LogP contribution < -0.4 is 9.64 Å². The summed E-state index contributed by atoms with van der Waals surface area (Å²) in [6.07, 6.45) is 0. The van der Waals surface area contributed by atoms with E-state index in [0.717, 1.165) is 22.9 Å². The van der Waals surface area contributed by atoms with Gasteiger partial charge in [0.1, 0.15) is 0 Å². The summed E-state index contributed by atoms with van der Waals surface area (Å²) in [7, 11) is 0. The second-order valence-electron chi connectivity index (χ2n) is 3.69. The zero-order chi connectivity index (χ0) is 11.0. The van der Waals surface area contributed by atoms with Gasteiger partial charge in [0, 0.05) is 6.54 Å². The van der Waals surface area contributed by atoms with Gasteiger partial charge in [-0.15, -0.1) is 0 Å². The van der Waals surface area contributed by atoms with E-state index in [2.05, 4.69) is 24.0 Å². The van der Waals surface area contributed by atoms with E-state index < -0.39 is 0 Å². The lowest BCUT2D eigenvalue weighted by atomic mass is 10.1. The van der Waals surface area contributed by atoms with E-state index in [1.54, 1.807) is 0 Å². The fraction of sp³-hybridized carbons (Fsp3) is 0.0714. The Bertz CT molecular complexity index is 476. The van der Waals surface area contributed by atoms with Crippen LogP contribution >= 0.6 is 0 Å². The maximum Gasteiger partial charge on any atom is 0.151 e. The number of fused-ring (bicyclic) bond motifs is 2. The van der Waals surface area contributed by atoms with Crippen LogP contribution in [0, 0.1) is 6.92 Å². The zero-order valence-corrected chi connectivity index (χ0v) is 8.89. The van der Waals surface area contributed by atoms with Crippen LogP contribution in [0.15, 0.2) is 48.5 Å². The lowest BCUT2D eigenvalue weighted by molar-refractivity contribution is 0.474. The Morgan fingerprint density at radius 2 is 1.38 bits per heavy atom. The number of para-hydroxylation sites is 4. The molecule has 0 saturated carbocycles. The first-order valence-electron chi connectivity index (χ1n) is 5.33. The maximum atomic E-state index is 5.84. The molecule has 1 radical (unpaired) electrons. The highest BCUT2D eigenvalue weighted by Gasteiger charge is 2.21. The molecule has 0 aliphatic carbocycles. The maximum absolute atomic E-state index is 5.84. The van der Waals surface area contributed by atoms with E-state index >= 15 is 0 Å². The van der Waals surface area contributed by atoms with Crippen molar-refractivity contribution in [1.29, 1.82) is 0 Å². The standard InChI is InChI=1S/C14H12NO/c1-2-15-11-7-3-5-9-13(11)16-14-10-6-4-8-12(14)15/h3-10H,1-2H2. The molecule has 0 atom stereocenters. The van der Waals surface area contributed by atoms with E-state index in [-0.39, 0.29) is 0 Å². The quantitative estimate of drug-likeness (QED) is 0.710. The topological polar surface area (TPSA) is 12.5 Å². The summed E-state index contributed by atoms with van der Waals surface area (Å²) in [6.45, 7) is 4.67. The van der Waals surface area contributed by atoms with E-state index in [9.17, 15) is 0 Å². The molecular formula is C14H12NO. The first kappa shape index (κ1) is 9.28. The van der Waals surface area contributed by atoms with E-state index in [0.29, 0.717) is 6.54 Å². The number of ether oxygens (including phenoxy) is 1. The Balaban J connectivity index is 2.19. The summed E-state index contributed by atoms with van der Waals surface area (Å²) in [4.78, 5) is 2.16. The molecule has 0 saturated heterocycles. The molecule has 79 valence electrons. The largest absolute Gasteiger partial charge is 0.453 e. The van der Waals surface area contributed by atoms with Gasteiger partial charge in [-0.1, -0.05) is 24.3 Å². The Hall–Kier alpha value is -1.96. The minimum Gasteiger partial charge on any atom is -0.453 e. The van der Waals surface area contributed by atoms with Gasteiger partial charge < -0.3 is 9.64 Å². The summed E-state index contributed by atoms with van der Waals surface area (Å²) in [5, 5.41) is 0. The van der Waals surface area contributed by atoms with Crippen molar-refractivity contribution in [2.45, 2.75) is 0 Å². The van der Waals surface area contributed by atoms with Gasteiger partial charge in [-0.2, -0.15) is 0 Å². The molecule has 3 rings (SSSR count). The first-order valence-corrected chi connectivity index (χ1v) is 5.33. The summed E-state index contributed by atoms with van der Waals surface area (Å²) in [5.74, 6) is 1.79. The molecule has 16 heavy (non-hydrogen) atoms. The molecule has 0 amide bonds. The Kier molecular flexibility index (Phi) is 2.07. The molecule has 2 heteroatoms. The van der Waals surface area contributed by atoms with E-state index in [1.807, 2.05) is 36.4 Å². The average Bonchev–Trinajstić information content (AvgIpc) is 2.36. The van der Waals surface area contributed by atoms with Gasteiger partial charge in [-0.3, -0.25) is 0 Å². The van der Waals surface area contributed by atoms with E-state index in [4.69, 9.17) is 4.74 Å². The number of rotatable bonds is 1. The van der Waals surface area contributed by atoms with Crippen molar-refractivity contribution >= 4 is 11.4 Å². The molecular weight excluding hydrogens is 198 g/mol. The fourth-order valence-electron chi connectivity index (χ4n) is 2.02. The molecule has 0 N–H and O–H groups in total. The Labute approximate surface area is 95.1 Å². The third-order valence-corrected chi connectivity index (χ3v) is 2.76. The third-order valence-electron chi connectivity index (χ3n) is 2.76. The normalized spacial score (nSPS) is 12.7. The predicted octanol–water partition coefficient (Wildman–Crippen LogP) is 3.76. The fourth-order valence-corrected chi connectivity index (χ4v) is 2.02. The molecule has 0 spiro atoms. The van der Waals surface area contributed by atoms with Crippen molar-refractivity contribution in [1.82, 2.24) is 0 Å². The summed E-state index contributed by atoms with van der Waals surface area (Å²) >= 11 is 0. The Morgan fingerprint density at radius 1 is 0.875 bits per heavy atom. The minimum absolute atomic E-state index is 0.692. The van der Waals surface area contributed by atoms with Crippen LogP contribution in [0.25, 0.3) is 0 Å². The molecule has 1 heterocycles. The molecule has 2 aromatic carbocycles. The number of benzene rings is 2. The number of nitrogens with zero attached hydrogens (tertiary/aromatic N) is 1. The molecule has 0 fully saturated rings. The molecule has 0 unspecified atom stereocenters. The van der Waals surface area contributed by atoms with Gasteiger partial charge in [-0.25, -0.2) is 0 Å². The first-order chi connectivity index (χ1) is 7.90. The molecule has 1 aliphatic heterocycles. The number of anilines is 2. The second-order valence-corrected chi connectivity index (χ2v) is 3.69. The molecule has 2 nitrogen and oxygen atoms in total. The van der Waals surface area contributed by atoms with Crippen molar-refractivity contribution in [3.8, 4) is 11.5 Å². The lowest BCUT2D eigenvalue weighted by Gasteiger charge is -2.31. The highest BCUT2D eigenvalue weighted by molar-refractivity contribution is 5.77. The van der Waals surface area contributed by atoms with Crippen molar-refractivity contribution < 1.29 is 4.74 Å². The van der Waals surface area contributed by atoms with Crippen molar-refractivity contribution in [3.05, 3.63) is 55.5 Å². The van der Waals surface area contributed by atoms with Gasteiger partial charge >= 0.3 is 0 Å². The second kappa shape index (κ2) is 3.56. The summed E-state index contributed by atoms with van der Waals surface area (Å²) < 4.78 is 5.84. The zero-order valence-electron chi connectivity index (χ0n) is 8.89. The molecule has 2 aromatic rings. The van der Waals surface area contributed by atoms with Crippen LogP contribution in [-0.2, 0) is 0 Å². The molecule has 0 bridgehead atoms. The van der Waals surface area contributed by atoms with Gasteiger partial charge in [-0.05, 0) is 31.2 Å². The average molecular weight is 210 g/mol. The van der Waals surface area contributed by atoms with Crippen molar-refractivity contribution in [2.75, 3.05) is 11.4 Å². The number of hydrogen-bond donors (Lipinski definition) is 0. The predicted molar refractivity (Wildman–Crippen MR) is 65.3 cm³/mol. The highest BCUT2D eigenvalue weighted by atomic mass is 16.5. The van der Waals surface area contributed by atoms with E-state index in [1.165, 1.54) is 0 Å². The monoisotopic (exact) mass is 210 g/mol. The SMILES string of the molecule is [CH2]CN1c2ccccc2Oc2ccccc21. The van der Waals surface area contributed by atoms with Crippen LogP contribution in [0.2, 0.25) is 0 Å². The van der Waals surface area contributed by atoms with Crippen LogP contribution in [0.1, 0.15) is 0 Å². The van der Waals surface area contributed by atoms with Gasteiger partial charge in [0.05, 0.1) is 11.4 Å². The van der Waals surface area contributed by atoms with Gasteiger partial charge in [0.2, 0.25) is 0 Å². The van der Waals surface area contributed by atoms with Crippen LogP contribution in [-0.4, -0.2) is 6.54 Å². The third kappa shape index (κ3) is 1.27. The molecule has 1 aliphatic rings. The van der Waals surface area contributed by atoms with Crippen LogP contribution in [0.4, 0.5) is 11.4 Å². The minimum atomic E-state index is 0.692. The Morgan fingerprint density at radius 3 is 1.88 bits per heavy atom. The van der Waals surface area contributed by atoms with Gasteiger partial charge in [0.15, 0.2) is 11.5 Å². The molecule has 0 aromatic heterocycles. The van der Waals surface area contributed by atoms with Crippen LogP contribution in [0.5, 0.6) is 11.5 Å². The smallest absolute Gasteiger partial charge is 0.151 e. The van der Waals surface area contributed by atoms with Crippen molar-refractivity contribution in [2.24, 2.45) is 0 Å². The number of hydrogen-bond acceptors (Lipinski definition) is 2. The lowest BCUT2D eigenvalue weighted by Crippen LogP contribution is -2.20. The summed E-state index contributed by atoms with van der Waals surface area (Å²) in [6, 6.07) is 16.1.